The molecule has 0 spiro atoms. The molecule has 4 rings (SSSR count). The van der Waals surface area contributed by atoms with Crippen molar-refractivity contribution >= 4 is 23.4 Å². The van der Waals surface area contributed by atoms with Crippen molar-refractivity contribution in [1.29, 1.82) is 0 Å². The fourth-order valence-electron chi connectivity index (χ4n) is 3.14. The number of methoxy groups -OCH3 is 1. The van der Waals surface area contributed by atoms with Crippen molar-refractivity contribution in [2.75, 3.05) is 12.9 Å². The molecule has 0 saturated carbocycles. The number of hydrazone groups is 1. The van der Waals surface area contributed by atoms with Crippen molar-refractivity contribution in [3.8, 4) is 5.75 Å². The van der Waals surface area contributed by atoms with Gasteiger partial charge in [-0.15, -0.1) is 11.8 Å². The highest BCUT2D eigenvalue weighted by atomic mass is 32.2. The van der Waals surface area contributed by atoms with Crippen LogP contribution in [0.25, 0.3) is 0 Å². The highest BCUT2D eigenvalue weighted by Crippen LogP contribution is 2.34. The minimum absolute atomic E-state index is 0.135. The summed E-state index contributed by atoms with van der Waals surface area (Å²) in [6.45, 7) is 0. The summed E-state index contributed by atoms with van der Waals surface area (Å²) in [6.07, 6.45) is 2.16. The van der Waals surface area contributed by atoms with Gasteiger partial charge in [-0.1, -0.05) is 0 Å². The molecule has 0 radical (unpaired) electrons. The second kappa shape index (κ2) is 8.53. The summed E-state index contributed by atoms with van der Waals surface area (Å²) in [4.78, 5) is 13.8. The lowest BCUT2D eigenvalue weighted by molar-refractivity contribution is -0.130. The molecule has 1 atom stereocenters. The molecule has 0 fully saturated rings. The molecule has 1 aliphatic rings. The highest BCUT2D eigenvalue weighted by molar-refractivity contribution is 8.00. The van der Waals surface area contributed by atoms with E-state index < -0.39 is 0 Å². The van der Waals surface area contributed by atoms with E-state index in [2.05, 4.69) is 5.10 Å². The van der Waals surface area contributed by atoms with E-state index in [1.54, 1.807) is 31.6 Å². The summed E-state index contributed by atoms with van der Waals surface area (Å²) in [7, 11) is 1.62. The van der Waals surface area contributed by atoms with Crippen molar-refractivity contribution in [1.82, 2.24) is 5.01 Å². The van der Waals surface area contributed by atoms with Gasteiger partial charge in [0.2, 0.25) is 0 Å². The molecule has 0 aliphatic carbocycles. The molecule has 1 aliphatic heterocycles. The topological polar surface area (TPSA) is 55.0 Å². The number of carbonyl (C=O) groups excluding carboxylic acids is 1. The Bertz CT molecular complexity index is 1000. The Kier molecular flexibility index (Phi) is 5.67. The fourth-order valence-corrected chi connectivity index (χ4v) is 3.89. The van der Waals surface area contributed by atoms with Crippen LogP contribution in [0.3, 0.4) is 0 Å². The lowest BCUT2D eigenvalue weighted by Gasteiger charge is -2.19. The van der Waals surface area contributed by atoms with Crippen LogP contribution in [0.4, 0.5) is 4.39 Å². The maximum atomic E-state index is 13.1. The van der Waals surface area contributed by atoms with Crippen molar-refractivity contribution in [3.63, 3.8) is 0 Å². The minimum Gasteiger partial charge on any atom is -0.497 e. The molecule has 5 nitrogen and oxygen atoms in total. The summed E-state index contributed by atoms with van der Waals surface area (Å²) in [6, 6.07) is 17.0. The molecule has 1 amide bonds. The molecular formula is C22H19FN2O3S. The van der Waals surface area contributed by atoms with Gasteiger partial charge < -0.3 is 9.15 Å². The van der Waals surface area contributed by atoms with E-state index in [1.165, 1.54) is 28.9 Å². The number of carbonyl (C=O) groups is 1. The van der Waals surface area contributed by atoms with Crippen molar-refractivity contribution in [3.05, 3.63) is 84.1 Å². The van der Waals surface area contributed by atoms with E-state index in [9.17, 15) is 9.18 Å². The van der Waals surface area contributed by atoms with E-state index in [-0.39, 0.29) is 23.5 Å². The van der Waals surface area contributed by atoms with Crippen LogP contribution in [0, 0.1) is 5.82 Å². The SMILES string of the molecule is COc1ccc(C2=NN(C(=O)CSc3ccc(F)cc3)C(c3ccco3)C2)cc1. The highest BCUT2D eigenvalue weighted by Gasteiger charge is 2.34. The first-order valence-corrected chi connectivity index (χ1v) is 10.1. The maximum absolute atomic E-state index is 13.1. The van der Waals surface area contributed by atoms with Crippen LogP contribution in [0.1, 0.15) is 23.8 Å². The Labute approximate surface area is 172 Å². The number of halogens is 1. The largest absolute Gasteiger partial charge is 0.497 e. The molecule has 1 aromatic heterocycles. The number of ether oxygens (including phenoxy) is 1. The van der Waals surface area contributed by atoms with E-state index in [0.29, 0.717) is 12.2 Å². The molecule has 0 bridgehead atoms. The average molecular weight is 410 g/mol. The van der Waals surface area contributed by atoms with Gasteiger partial charge in [0.1, 0.15) is 23.4 Å². The Morgan fingerprint density at radius 1 is 1.21 bits per heavy atom. The van der Waals surface area contributed by atoms with E-state index in [1.807, 2.05) is 30.3 Å². The van der Waals surface area contributed by atoms with Gasteiger partial charge in [0.05, 0.1) is 24.8 Å². The van der Waals surface area contributed by atoms with Crippen molar-refractivity contribution in [2.45, 2.75) is 17.4 Å². The first-order chi connectivity index (χ1) is 14.1. The number of thioether (sulfide) groups is 1. The van der Waals surface area contributed by atoms with Gasteiger partial charge in [-0.25, -0.2) is 9.40 Å². The second-order valence-corrected chi connectivity index (χ2v) is 7.54. The van der Waals surface area contributed by atoms with Gasteiger partial charge in [0.15, 0.2) is 0 Å². The summed E-state index contributed by atoms with van der Waals surface area (Å²) in [5, 5.41) is 6.10. The smallest absolute Gasteiger partial charge is 0.253 e. The molecule has 0 saturated heterocycles. The Hall–Kier alpha value is -3.06. The zero-order valence-electron chi connectivity index (χ0n) is 15.7. The maximum Gasteiger partial charge on any atom is 0.253 e. The first-order valence-electron chi connectivity index (χ1n) is 9.10. The molecular weight excluding hydrogens is 391 g/mol. The van der Waals surface area contributed by atoms with Gasteiger partial charge in [0, 0.05) is 11.3 Å². The molecule has 2 aromatic carbocycles. The van der Waals surface area contributed by atoms with E-state index >= 15 is 0 Å². The Morgan fingerprint density at radius 3 is 2.62 bits per heavy atom. The van der Waals surface area contributed by atoms with Crippen LogP contribution in [-0.2, 0) is 4.79 Å². The quantitative estimate of drug-likeness (QED) is 0.543. The van der Waals surface area contributed by atoms with Crippen LogP contribution in [-0.4, -0.2) is 29.5 Å². The van der Waals surface area contributed by atoms with E-state index in [4.69, 9.17) is 9.15 Å². The third kappa shape index (κ3) is 4.35. The van der Waals surface area contributed by atoms with Crippen LogP contribution < -0.4 is 4.74 Å². The molecule has 2 heterocycles. The molecule has 148 valence electrons. The van der Waals surface area contributed by atoms with Crippen LogP contribution in [0.5, 0.6) is 5.75 Å². The van der Waals surface area contributed by atoms with E-state index in [0.717, 1.165) is 21.9 Å². The zero-order valence-corrected chi connectivity index (χ0v) is 16.6. The summed E-state index contributed by atoms with van der Waals surface area (Å²) in [5.41, 5.74) is 1.75. The van der Waals surface area contributed by atoms with Gasteiger partial charge in [-0.05, 0) is 66.2 Å². The fraction of sp³-hybridized carbons (Fsp3) is 0.182. The molecule has 29 heavy (non-hydrogen) atoms. The number of rotatable bonds is 6. The molecule has 7 heteroatoms. The van der Waals surface area contributed by atoms with Gasteiger partial charge in [-0.3, -0.25) is 4.79 Å². The number of furan rings is 1. The van der Waals surface area contributed by atoms with Gasteiger partial charge in [-0.2, -0.15) is 5.10 Å². The average Bonchev–Trinajstić information content (AvgIpc) is 3.43. The predicted octanol–water partition coefficient (Wildman–Crippen LogP) is 4.90. The molecule has 3 aromatic rings. The zero-order chi connectivity index (χ0) is 20.2. The Morgan fingerprint density at radius 2 is 1.97 bits per heavy atom. The van der Waals surface area contributed by atoms with Crippen LogP contribution in [0.2, 0.25) is 0 Å². The minimum atomic E-state index is -0.299. The third-order valence-electron chi connectivity index (χ3n) is 4.64. The van der Waals surface area contributed by atoms with Crippen LogP contribution >= 0.6 is 11.8 Å². The standard InChI is InChI=1S/C22H19FN2O3S/c1-27-17-8-4-15(5-9-17)19-13-20(21-3-2-12-28-21)25(24-19)22(26)14-29-18-10-6-16(23)7-11-18/h2-12,20H,13-14H2,1H3. The normalized spacial score (nSPS) is 16.0. The number of nitrogens with zero attached hydrogens (tertiary/aromatic N) is 2. The number of benzene rings is 2. The summed E-state index contributed by atoms with van der Waals surface area (Å²) in [5.74, 6) is 1.22. The lowest BCUT2D eigenvalue weighted by Crippen LogP contribution is -2.28. The van der Waals surface area contributed by atoms with Crippen molar-refractivity contribution < 1.29 is 18.3 Å². The number of hydrogen-bond donors (Lipinski definition) is 0. The van der Waals surface area contributed by atoms with Crippen LogP contribution in [0.15, 0.2) is 81.3 Å². The third-order valence-corrected chi connectivity index (χ3v) is 5.63. The lowest BCUT2D eigenvalue weighted by atomic mass is 10.0. The summed E-state index contributed by atoms with van der Waals surface area (Å²) >= 11 is 1.35. The summed E-state index contributed by atoms with van der Waals surface area (Å²) < 4.78 is 23.8. The monoisotopic (exact) mass is 410 g/mol. The number of hydrogen-bond acceptors (Lipinski definition) is 5. The molecule has 1 unspecified atom stereocenters. The number of amides is 1. The first kappa shape index (κ1) is 19.3. The van der Waals surface area contributed by atoms with Gasteiger partial charge in [0.25, 0.3) is 5.91 Å². The molecule has 0 N–H and O–H groups in total. The van der Waals surface area contributed by atoms with Gasteiger partial charge >= 0.3 is 0 Å². The predicted molar refractivity (Wildman–Crippen MR) is 110 cm³/mol. The Balaban J connectivity index is 1.53. The second-order valence-electron chi connectivity index (χ2n) is 6.49. The van der Waals surface area contributed by atoms with Crippen molar-refractivity contribution in [2.24, 2.45) is 5.10 Å².